The third-order valence-electron chi connectivity index (χ3n) is 2.52. The summed E-state index contributed by atoms with van der Waals surface area (Å²) < 4.78 is 33.5. The molecule has 1 aromatic rings. The van der Waals surface area contributed by atoms with Gasteiger partial charge in [0.05, 0.1) is 5.69 Å². The molecule has 1 aliphatic rings. The van der Waals surface area contributed by atoms with Gasteiger partial charge in [-0.1, -0.05) is 5.16 Å². The van der Waals surface area contributed by atoms with E-state index >= 15 is 0 Å². The molecule has 1 aromatic carbocycles. The average molecular weight is 300 g/mol. The molecule has 0 saturated heterocycles. The van der Waals surface area contributed by atoms with E-state index in [1.807, 2.05) is 0 Å². The number of hydrogen-bond donors (Lipinski definition) is 4. The highest BCUT2D eigenvalue weighted by atomic mass is 32.2. The largest absolute Gasteiger partial charge is 0.486 e. The first-order valence-electron chi connectivity index (χ1n) is 5.98. The highest BCUT2D eigenvalue weighted by Gasteiger charge is 2.26. The first-order chi connectivity index (χ1) is 9.48. The van der Waals surface area contributed by atoms with Crippen molar-refractivity contribution in [3.63, 3.8) is 0 Å². The van der Waals surface area contributed by atoms with E-state index in [1.54, 1.807) is 24.3 Å². The number of nitrogens with two attached hydrogens (primary N) is 1. The summed E-state index contributed by atoms with van der Waals surface area (Å²) >= 11 is 0. The Morgan fingerprint density at radius 1 is 1.40 bits per heavy atom. The molecule has 2 rings (SSSR count). The quantitative estimate of drug-likeness (QED) is 0.248. The second-order valence-electron chi connectivity index (χ2n) is 4.40. The molecule has 0 radical (unpaired) electrons. The fourth-order valence-corrected chi connectivity index (χ4v) is 2.59. The van der Waals surface area contributed by atoms with Gasteiger partial charge < -0.3 is 15.7 Å². The van der Waals surface area contributed by atoms with E-state index < -0.39 is 10.2 Å². The van der Waals surface area contributed by atoms with E-state index in [1.165, 1.54) is 0 Å². The van der Waals surface area contributed by atoms with Crippen LogP contribution in [0, 0.1) is 0 Å². The summed E-state index contributed by atoms with van der Waals surface area (Å²) in [7, 11) is -3.53. The van der Waals surface area contributed by atoms with Crippen LogP contribution in [0.4, 0.5) is 5.69 Å². The van der Waals surface area contributed by atoms with Crippen molar-refractivity contribution in [2.45, 2.75) is 18.9 Å². The Balaban J connectivity index is 1.90. The van der Waals surface area contributed by atoms with Crippen molar-refractivity contribution >= 4 is 21.7 Å². The monoisotopic (exact) mass is 300 g/mol. The van der Waals surface area contributed by atoms with Crippen molar-refractivity contribution in [1.29, 1.82) is 0 Å². The molecule has 0 aliphatic heterocycles. The van der Waals surface area contributed by atoms with Crippen molar-refractivity contribution in [2.24, 2.45) is 10.9 Å². The molecule has 5 N–H and O–H groups in total. The maximum atomic E-state index is 11.7. The Kier molecular flexibility index (Phi) is 4.30. The van der Waals surface area contributed by atoms with Gasteiger partial charge in [-0.3, -0.25) is 4.72 Å². The molecule has 1 saturated carbocycles. The number of anilines is 1. The van der Waals surface area contributed by atoms with Crippen molar-refractivity contribution in [3.8, 4) is 5.75 Å². The molecule has 0 spiro atoms. The van der Waals surface area contributed by atoms with Crippen molar-refractivity contribution in [3.05, 3.63) is 24.3 Å². The van der Waals surface area contributed by atoms with Crippen LogP contribution in [0.5, 0.6) is 5.75 Å². The summed E-state index contributed by atoms with van der Waals surface area (Å²) in [6.07, 6.45) is 1.75. The fourth-order valence-electron chi connectivity index (χ4n) is 1.41. The Morgan fingerprint density at radius 3 is 2.60 bits per heavy atom. The summed E-state index contributed by atoms with van der Waals surface area (Å²) in [5, 5.41) is 11.1. The third kappa shape index (κ3) is 4.59. The van der Waals surface area contributed by atoms with Gasteiger partial charge in [-0.25, -0.2) is 0 Å². The molecule has 0 amide bonds. The maximum Gasteiger partial charge on any atom is 0.299 e. The van der Waals surface area contributed by atoms with Crippen LogP contribution in [0.2, 0.25) is 0 Å². The molecular weight excluding hydrogens is 284 g/mol. The molecule has 20 heavy (non-hydrogen) atoms. The summed E-state index contributed by atoms with van der Waals surface area (Å²) in [5.74, 6) is 0.429. The number of nitrogens with one attached hydrogen (secondary N) is 2. The molecule has 9 heteroatoms. The van der Waals surface area contributed by atoms with Crippen LogP contribution in [-0.4, -0.2) is 32.1 Å². The lowest BCUT2D eigenvalue weighted by Gasteiger charge is -2.09. The average Bonchev–Trinajstić information content (AvgIpc) is 3.20. The molecule has 0 bridgehead atoms. The van der Waals surface area contributed by atoms with Gasteiger partial charge in [0.2, 0.25) is 0 Å². The van der Waals surface area contributed by atoms with Gasteiger partial charge in [-0.05, 0) is 37.1 Å². The molecule has 0 unspecified atom stereocenters. The minimum Gasteiger partial charge on any atom is -0.486 e. The van der Waals surface area contributed by atoms with Gasteiger partial charge in [0.15, 0.2) is 5.84 Å². The summed E-state index contributed by atoms with van der Waals surface area (Å²) in [6, 6.07) is 6.34. The van der Waals surface area contributed by atoms with Crippen LogP contribution in [-0.2, 0) is 10.2 Å². The summed E-state index contributed by atoms with van der Waals surface area (Å²) in [4.78, 5) is 0. The topological polar surface area (TPSA) is 126 Å². The van der Waals surface area contributed by atoms with Crippen molar-refractivity contribution < 1.29 is 18.4 Å². The Hall–Kier alpha value is -2.00. The Bertz CT molecular complexity index is 581. The van der Waals surface area contributed by atoms with E-state index in [0.717, 1.165) is 12.8 Å². The minimum atomic E-state index is -3.53. The zero-order chi connectivity index (χ0) is 14.6. The van der Waals surface area contributed by atoms with E-state index in [2.05, 4.69) is 14.6 Å². The fraction of sp³-hybridized carbons (Fsp3) is 0.364. The van der Waals surface area contributed by atoms with E-state index in [9.17, 15) is 8.42 Å². The molecule has 110 valence electrons. The predicted octanol–water partition coefficient (Wildman–Crippen LogP) is 0.220. The number of oxime groups is 1. The van der Waals surface area contributed by atoms with Gasteiger partial charge >= 0.3 is 0 Å². The lowest BCUT2D eigenvalue weighted by atomic mass is 10.3. The molecule has 0 aromatic heterocycles. The maximum absolute atomic E-state index is 11.7. The molecule has 1 fully saturated rings. The Labute approximate surface area is 116 Å². The highest BCUT2D eigenvalue weighted by Crippen LogP contribution is 2.21. The van der Waals surface area contributed by atoms with Gasteiger partial charge in [0.25, 0.3) is 10.2 Å². The number of ether oxygens (including phenoxy) is 1. The van der Waals surface area contributed by atoms with E-state index in [0.29, 0.717) is 11.4 Å². The summed E-state index contributed by atoms with van der Waals surface area (Å²) in [5.41, 5.74) is 5.69. The SMILES string of the molecule is N/C(COc1ccc(NS(=O)(=O)NC2CC2)cc1)=N/O. The highest BCUT2D eigenvalue weighted by molar-refractivity contribution is 7.90. The second kappa shape index (κ2) is 5.97. The Morgan fingerprint density at radius 2 is 2.05 bits per heavy atom. The molecule has 0 heterocycles. The number of nitrogens with zero attached hydrogens (tertiary/aromatic N) is 1. The number of amidine groups is 1. The third-order valence-corrected chi connectivity index (χ3v) is 3.67. The first-order valence-corrected chi connectivity index (χ1v) is 7.46. The van der Waals surface area contributed by atoms with Crippen molar-refractivity contribution in [2.75, 3.05) is 11.3 Å². The van der Waals surface area contributed by atoms with Crippen LogP contribution in [0.1, 0.15) is 12.8 Å². The summed E-state index contributed by atoms with van der Waals surface area (Å²) in [6.45, 7) is -0.0508. The first kappa shape index (κ1) is 14.4. The van der Waals surface area contributed by atoms with Crippen molar-refractivity contribution in [1.82, 2.24) is 4.72 Å². The molecule has 0 atom stereocenters. The van der Waals surface area contributed by atoms with Crippen LogP contribution in [0.25, 0.3) is 0 Å². The predicted molar refractivity (Wildman–Crippen MR) is 74.0 cm³/mol. The van der Waals surface area contributed by atoms with Crippen LogP contribution in [0.15, 0.2) is 29.4 Å². The van der Waals surface area contributed by atoms with Crippen LogP contribution >= 0.6 is 0 Å². The normalized spacial score (nSPS) is 15.9. The smallest absolute Gasteiger partial charge is 0.299 e. The zero-order valence-corrected chi connectivity index (χ0v) is 11.4. The van der Waals surface area contributed by atoms with E-state index in [4.69, 9.17) is 15.7 Å². The van der Waals surface area contributed by atoms with Gasteiger partial charge in [-0.15, -0.1) is 0 Å². The molecule has 8 nitrogen and oxygen atoms in total. The zero-order valence-electron chi connectivity index (χ0n) is 10.6. The number of rotatable bonds is 7. The van der Waals surface area contributed by atoms with Crippen LogP contribution < -0.4 is 19.9 Å². The van der Waals surface area contributed by atoms with Gasteiger partial charge in [0.1, 0.15) is 12.4 Å². The number of hydrogen-bond acceptors (Lipinski definition) is 5. The number of benzene rings is 1. The van der Waals surface area contributed by atoms with E-state index in [-0.39, 0.29) is 18.5 Å². The lowest BCUT2D eigenvalue weighted by molar-refractivity contribution is 0.306. The molecular formula is C11H16N4O4S. The lowest BCUT2D eigenvalue weighted by Crippen LogP contribution is -2.31. The molecule has 1 aliphatic carbocycles. The second-order valence-corrected chi connectivity index (χ2v) is 5.85. The minimum absolute atomic E-state index is 0.0508. The van der Waals surface area contributed by atoms with Gasteiger partial charge in [0, 0.05) is 6.04 Å². The van der Waals surface area contributed by atoms with Gasteiger partial charge in [-0.2, -0.15) is 13.1 Å². The van der Waals surface area contributed by atoms with Crippen LogP contribution in [0.3, 0.4) is 0 Å². The standard InChI is InChI=1S/C11H16N4O4S/c12-11(13-16)7-19-10-5-3-9(4-6-10)15-20(17,18)14-8-1-2-8/h3-6,8,14-16H,1-2,7H2,(H2,12,13).